The number of ether oxygens (including phenoxy) is 1. The number of benzene rings is 2. The summed E-state index contributed by atoms with van der Waals surface area (Å²) in [5.41, 5.74) is 0.639. The fourth-order valence-electron chi connectivity index (χ4n) is 2.30. The Balaban J connectivity index is 1.93. The molecule has 0 bridgehead atoms. The summed E-state index contributed by atoms with van der Waals surface area (Å²) in [4.78, 5) is 16.8. The number of fused-ring (bicyclic) bond motifs is 1. The predicted molar refractivity (Wildman–Crippen MR) is 111 cm³/mol. The van der Waals surface area contributed by atoms with E-state index in [1.807, 2.05) is 0 Å². The molecule has 1 amide bonds. The summed E-state index contributed by atoms with van der Waals surface area (Å²) in [6.07, 6.45) is 5.44. The van der Waals surface area contributed by atoms with Gasteiger partial charge in [-0.05, 0) is 30.3 Å². The van der Waals surface area contributed by atoms with E-state index >= 15 is 0 Å². The van der Waals surface area contributed by atoms with E-state index in [4.69, 9.17) is 57.6 Å². The fraction of sp³-hybridized carbons (Fsp3) is 0.111. The normalized spacial score (nSPS) is 11.6. The van der Waals surface area contributed by atoms with Crippen molar-refractivity contribution in [3.8, 4) is 18.1 Å². The number of carbonyl (C=O) groups excluding carboxylic acids is 1. The monoisotopic (exact) mass is 458 g/mol. The van der Waals surface area contributed by atoms with Crippen LogP contribution in [0.4, 0.5) is 0 Å². The summed E-state index contributed by atoms with van der Waals surface area (Å²) >= 11 is 25.5. The minimum atomic E-state index is -0.499. The van der Waals surface area contributed by atoms with Crippen LogP contribution in [-0.4, -0.2) is 17.1 Å². The molecule has 0 aliphatic heterocycles. The quantitative estimate of drug-likeness (QED) is 0.486. The van der Waals surface area contributed by atoms with Crippen molar-refractivity contribution in [2.75, 3.05) is 6.61 Å². The molecule has 3 rings (SSSR count). The molecule has 0 radical (unpaired) electrons. The smallest absolute Gasteiger partial charge is 0.286 e. The van der Waals surface area contributed by atoms with Gasteiger partial charge in [-0.25, -0.2) is 0 Å². The van der Waals surface area contributed by atoms with E-state index in [1.54, 1.807) is 28.8 Å². The van der Waals surface area contributed by atoms with E-state index in [1.165, 1.54) is 17.4 Å². The van der Waals surface area contributed by atoms with Gasteiger partial charge in [0.25, 0.3) is 5.91 Å². The number of thiazole rings is 1. The zero-order valence-electron chi connectivity index (χ0n) is 13.5. The van der Waals surface area contributed by atoms with Gasteiger partial charge in [-0.3, -0.25) is 4.79 Å². The van der Waals surface area contributed by atoms with E-state index in [0.717, 1.165) is 4.70 Å². The highest BCUT2D eigenvalue weighted by molar-refractivity contribution is 7.16. The highest BCUT2D eigenvalue weighted by atomic mass is 35.5. The number of hydrogen-bond donors (Lipinski definition) is 0. The Morgan fingerprint density at radius 2 is 1.96 bits per heavy atom. The van der Waals surface area contributed by atoms with Gasteiger partial charge in [-0.1, -0.05) is 63.7 Å². The molecule has 0 aliphatic carbocycles. The summed E-state index contributed by atoms with van der Waals surface area (Å²) in [6, 6.07) is 8.20. The average Bonchev–Trinajstić information content (AvgIpc) is 2.96. The van der Waals surface area contributed by atoms with Gasteiger partial charge in [-0.2, -0.15) is 4.99 Å². The van der Waals surface area contributed by atoms with Gasteiger partial charge in [0, 0.05) is 5.02 Å². The molecule has 1 heterocycles. The lowest BCUT2D eigenvalue weighted by Gasteiger charge is -2.06. The van der Waals surface area contributed by atoms with Gasteiger partial charge >= 0.3 is 0 Å². The lowest BCUT2D eigenvalue weighted by molar-refractivity contribution is -0.120. The maximum Gasteiger partial charge on any atom is 0.286 e. The molecule has 27 heavy (non-hydrogen) atoms. The highest BCUT2D eigenvalue weighted by Crippen LogP contribution is 2.32. The van der Waals surface area contributed by atoms with Gasteiger partial charge in [0.1, 0.15) is 5.75 Å². The lowest BCUT2D eigenvalue weighted by Crippen LogP contribution is -2.19. The molecule has 138 valence electrons. The molecular formula is C18H10Cl4N2O2S. The molecule has 3 aromatic rings. The molecule has 0 unspecified atom stereocenters. The first-order chi connectivity index (χ1) is 12.9. The fourth-order valence-corrected chi connectivity index (χ4v) is 4.29. The minimum absolute atomic E-state index is 0.191. The second kappa shape index (κ2) is 8.55. The van der Waals surface area contributed by atoms with E-state index in [0.29, 0.717) is 36.2 Å². The van der Waals surface area contributed by atoms with Crippen molar-refractivity contribution in [1.82, 2.24) is 4.57 Å². The Labute approximate surface area is 178 Å². The molecular weight excluding hydrogens is 450 g/mol. The molecule has 0 spiro atoms. The molecule has 0 fully saturated rings. The van der Waals surface area contributed by atoms with Gasteiger partial charge < -0.3 is 9.30 Å². The summed E-state index contributed by atoms with van der Waals surface area (Å²) in [5, 5.41) is 1.53. The van der Waals surface area contributed by atoms with Crippen molar-refractivity contribution in [2.45, 2.75) is 6.54 Å². The largest absolute Gasteiger partial charge is 0.482 e. The van der Waals surface area contributed by atoms with Gasteiger partial charge in [0.05, 0.1) is 31.8 Å². The Morgan fingerprint density at radius 3 is 2.67 bits per heavy atom. The lowest BCUT2D eigenvalue weighted by atomic mass is 10.3. The zero-order valence-corrected chi connectivity index (χ0v) is 17.3. The van der Waals surface area contributed by atoms with Crippen molar-refractivity contribution >= 4 is 73.9 Å². The second-order valence-electron chi connectivity index (χ2n) is 5.25. The van der Waals surface area contributed by atoms with E-state index in [2.05, 4.69) is 10.9 Å². The van der Waals surface area contributed by atoms with Crippen LogP contribution >= 0.6 is 57.7 Å². The number of aromatic nitrogens is 1. The minimum Gasteiger partial charge on any atom is -0.482 e. The Bertz CT molecular complexity index is 1140. The summed E-state index contributed by atoms with van der Waals surface area (Å²) in [6.45, 7) is -0.101. The van der Waals surface area contributed by atoms with Gasteiger partial charge in [-0.15, -0.1) is 6.42 Å². The number of rotatable bonds is 4. The Hall–Kier alpha value is -1.68. The van der Waals surface area contributed by atoms with Crippen molar-refractivity contribution in [2.24, 2.45) is 4.99 Å². The first-order valence-electron chi connectivity index (χ1n) is 7.47. The van der Waals surface area contributed by atoms with Crippen LogP contribution in [0.25, 0.3) is 10.2 Å². The Morgan fingerprint density at radius 1 is 1.19 bits per heavy atom. The first kappa shape index (κ1) is 20.1. The third kappa shape index (κ3) is 4.43. The maximum absolute atomic E-state index is 12.3. The summed E-state index contributed by atoms with van der Waals surface area (Å²) < 4.78 is 7.90. The topological polar surface area (TPSA) is 43.6 Å². The first-order valence-corrected chi connectivity index (χ1v) is 9.79. The SMILES string of the molecule is C#CCn1c(=NC(=O)COc2ccc(Cl)cc2Cl)sc2ccc(Cl)c(Cl)c21. The second-order valence-corrected chi connectivity index (χ2v) is 7.89. The number of amides is 1. The summed E-state index contributed by atoms with van der Waals surface area (Å²) in [7, 11) is 0. The van der Waals surface area contributed by atoms with E-state index in [-0.39, 0.29) is 13.2 Å². The van der Waals surface area contributed by atoms with Gasteiger partial charge in [0.15, 0.2) is 11.4 Å². The Kier molecular flexibility index (Phi) is 6.36. The van der Waals surface area contributed by atoms with Gasteiger partial charge in [0.2, 0.25) is 0 Å². The molecule has 0 N–H and O–H groups in total. The van der Waals surface area contributed by atoms with Crippen molar-refractivity contribution in [3.63, 3.8) is 0 Å². The number of halogens is 4. The average molecular weight is 460 g/mol. The molecule has 9 heteroatoms. The standard InChI is InChI=1S/C18H10Cl4N2O2S/c1-2-7-24-17-14(6-4-11(20)16(17)22)27-18(24)23-15(25)9-26-13-5-3-10(19)8-12(13)21/h1,3-6,8H,7,9H2. The number of nitrogens with zero attached hydrogens (tertiary/aromatic N) is 2. The third-order valence-corrected chi connectivity index (χ3v) is 5.82. The number of hydrogen-bond acceptors (Lipinski definition) is 3. The molecule has 0 atom stereocenters. The highest BCUT2D eigenvalue weighted by Gasteiger charge is 2.13. The van der Waals surface area contributed by atoms with Crippen LogP contribution in [0, 0.1) is 12.3 Å². The molecule has 0 saturated carbocycles. The number of carbonyl (C=O) groups is 1. The predicted octanol–water partition coefficient (Wildman–Crippen LogP) is 5.46. The third-order valence-electron chi connectivity index (χ3n) is 3.45. The number of terminal acetylenes is 1. The maximum atomic E-state index is 12.3. The molecule has 0 saturated heterocycles. The van der Waals surface area contributed by atoms with E-state index < -0.39 is 5.91 Å². The van der Waals surface area contributed by atoms with Crippen LogP contribution < -0.4 is 9.54 Å². The molecule has 0 aliphatic rings. The van der Waals surface area contributed by atoms with Crippen LogP contribution in [0.15, 0.2) is 35.3 Å². The zero-order chi connectivity index (χ0) is 19.6. The molecule has 4 nitrogen and oxygen atoms in total. The van der Waals surface area contributed by atoms with Crippen LogP contribution in [0.5, 0.6) is 5.75 Å². The van der Waals surface area contributed by atoms with Crippen LogP contribution in [0.2, 0.25) is 20.1 Å². The van der Waals surface area contributed by atoms with E-state index in [9.17, 15) is 4.79 Å². The van der Waals surface area contributed by atoms with Crippen LogP contribution in [0.1, 0.15) is 0 Å². The molecule has 1 aromatic heterocycles. The van der Waals surface area contributed by atoms with Crippen LogP contribution in [-0.2, 0) is 11.3 Å². The van der Waals surface area contributed by atoms with Crippen molar-refractivity contribution < 1.29 is 9.53 Å². The molecule has 2 aromatic carbocycles. The van der Waals surface area contributed by atoms with Crippen LogP contribution in [0.3, 0.4) is 0 Å². The van der Waals surface area contributed by atoms with Crippen molar-refractivity contribution in [3.05, 3.63) is 55.2 Å². The summed E-state index contributed by atoms with van der Waals surface area (Å²) in [5.74, 6) is 2.37. The van der Waals surface area contributed by atoms with Crippen molar-refractivity contribution in [1.29, 1.82) is 0 Å².